The van der Waals surface area contributed by atoms with E-state index < -0.39 is 10.0 Å². The van der Waals surface area contributed by atoms with Crippen LogP contribution in [0.1, 0.15) is 25.5 Å². The summed E-state index contributed by atoms with van der Waals surface area (Å²) < 4.78 is 24.0. The average Bonchev–Trinajstić information content (AvgIpc) is 2.23. The highest BCUT2D eigenvalue weighted by Gasteiger charge is 2.03. The average molecular weight is 258 g/mol. The summed E-state index contributed by atoms with van der Waals surface area (Å²) in [6, 6.07) is 1.87. The molecule has 0 aromatic carbocycles. The van der Waals surface area contributed by atoms with Crippen LogP contribution in [0.3, 0.4) is 0 Å². The lowest BCUT2D eigenvalue weighted by Crippen LogP contribution is -2.27. The van der Waals surface area contributed by atoms with E-state index in [0.29, 0.717) is 24.8 Å². The molecule has 17 heavy (non-hydrogen) atoms. The smallest absolute Gasteiger partial charge is 0.208 e. The lowest BCUT2D eigenvalue weighted by atomic mass is 10.1. The van der Waals surface area contributed by atoms with Crippen molar-refractivity contribution in [1.29, 1.82) is 0 Å². The van der Waals surface area contributed by atoms with Gasteiger partial charge in [0.05, 0.1) is 6.26 Å². The quantitative estimate of drug-likeness (QED) is 0.728. The van der Waals surface area contributed by atoms with E-state index in [-0.39, 0.29) is 0 Å². The highest BCUT2D eigenvalue weighted by molar-refractivity contribution is 7.88. The standard InChI is InChI=1S/C10H18N4O2S/c1-8(2)9-6-10(13-7-12-9)11-4-5-14-17(3,15)16/h6-8,14H,4-5H2,1-3H3,(H,11,12,13). The normalized spacial score (nSPS) is 11.8. The Morgan fingerprint density at radius 3 is 2.59 bits per heavy atom. The van der Waals surface area contributed by atoms with Gasteiger partial charge in [0.1, 0.15) is 12.1 Å². The predicted molar refractivity (Wildman–Crippen MR) is 67.5 cm³/mol. The van der Waals surface area contributed by atoms with Gasteiger partial charge < -0.3 is 5.32 Å². The zero-order chi connectivity index (χ0) is 12.9. The zero-order valence-corrected chi connectivity index (χ0v) is 11.1. The van der Waals surface area contributed by atoms with E-state index in [1.807, 2.05) is 6.07 Å². The van der Waals surface area contributed by atoms with Crippen LogP contribution in [-0.2, 0) is 10.0 Å². The minimum atomic E-state index is -3.12. The van der Waals surface area contributed by atoms with Crippen molar-refractivity contribution in [3.63, 3.8) is 0 Å². The summed E-state index contributed by atoms with van der Waals surface area (Å²) in [5.74, 6) is 1.05. The lowest BCUT2D eigenvalue weighted by molar-refractivity contribution is 0.589. The van der Waals surface area contributed by atoms with Crippen LogP contribution >= 0.6 is 0 Å². The van der Waals surface area contributed by atoms with Crippen LogP contribution in [0.25, 0.3) is 0 Å². The molecule has 0 radical (unpaired) electrons. The summed E-state index contributed by atoms with van der Waals surface area (Å²) in [6.45, 7) is 4.93. The minimum absolute atomic E-state index is 0.333. The van der Waals surface area contributed by atoms with E-state index >= 15 is 0 Å². The molecule has 1 heterocycles. The maximum absolute atomic E-state index is 10.8. The summed E-state index contributed by atoms with van der Waals surface area (Å²) in [7, 11) is -3.12. The molecule has 7 heteroatoms. The van der Waals surface area contributed by atoms with Gasteiger partial charge in [-0.1, -0.05) is 13.8 Å². The molecule has 0 bridgehead atoms. The Balaban J connectivity index is 2.44. The highest BCUT2D eigenvalue weighted by atomic mass is 32.2. The SMILES string of the molecule is CC(C)c1cc(NCCNS(C)(=O)=O)ncn1. The Labute approximate surface area is 102 Å². The van der Waals surface area contributed by atoms with Gasteiger partial charge in [-0.15, -0.1) is 0 Å². The Bertz CT molecular complexity index is 459. The summed E-state index contributed by atoms with van der Waals surface area (Å²) in [4.78, 5) is 8.20. The van der Waals surface area contributed by atoms with Gasteiger partial charge >= 0.3 is 0 Å². The van der Waals surface area contributed by atoms with E-state index in [0.717, 1.165) is 11.9 Å². The van der Waals surface area contributed by atoms with Gasteiger partial charge in [0.15, 0.2) is 0 Å². The molecule has 6 nitrogen and oxygen atoms in total. The van der Waals surface area contributed by atoms with Gasteiger partial charge in [0.25, 0.3) is 0 Å². The summed E-state index contributed by atoms with van der Waals surface area (Å²) in [5.41, 5.74) is 0.957. The molecule has 1 aromatic heterocycles. The third-order valence-corrected chi connectivity index (χ3v) is 2.80. The van der Waals surface area contributed by atoms with Crippen LogP contribution in [0.4, 0.5) is 5.82 Å². The molecule has 0 fully saturated rings. The van der Waals surface area contributed by atoms with Crippen molar-refractivity contribution in [2.24, 2.45) is 0 Å². The van der Waals surface area contributed by atoms with E-state index in [1.165, 1.54) is 6.33 Å². The molecule has 96 valence electrons. The number of hydrogen-bond acceptors (Lipinski definition) is 5. The third kappa shape index (κ3) is 5.60. The first-order valence-corrected chi connectivity index (χ1v) is 7.28. The van der Waals surface area contributed by atoms with E-state index in [9.17, 15) is 8.42 Å². The van der Waals surface area contributed by atoms with Crippen molar-refractivity contribution in [3.8, 4) is 0 Å². The van der Waals surface area contributed by atoms with Crippen LogP contribution in [-0.4, -0.2) is 37.7 Å². The van der Waals surface area contributed by atoms with Crippen molar-refractivity contribution in [3.05, 3.63) is 18.1 Å². The Morgan fingerprint density at radius 2 is 2.00 bits per heavy atom. The first kappa shape index (κ1) is 13.9. The molecule has 0 saturated carbocycles. The first-order valence-electron chi connectivity index (χ1n) is 5.39. The fourth-order valence-corrected chi connectivity index (χ4v) is 1.68. The Morgan fingerprint density at radius 1 is 1.29 bits per heavy atom. The van der Waals surface area contributed by atoms with Gasteiger partial charge in [-0.25, -0.2) is 23.1 Å². The topological polar surface area (TPSA) is 84.0 Å². The predicted octanol–water partition coefficient (Wildman–Crippen LogP) is 0.561. The number of anilines is 1. The second kappa shape index (κ2) is 5.92. The van der Waals surface area contributed by atoms with Gasteiger partial charge in [-0.05, 0) is 5.92 Å². The van der Waals surface area contributed by atoms with Crippen molar-refractivity contribution in [2.45, 2.75) is 19.8 Å². The van der Waals surface area contributed by atoms with Crippen molar-refractivity contribution >= 4 is 15.8 Å². The molecule has 0 spiro atoms. The largest absolute Gasteiger partial charge is 0.369 e. The molecule has 0 saturated heterocycles. The van der Waals surface area contributed by atoms with Crippen LogP contribution in [0.5, 0.6) is 0 Å². The molecular formula is C10H18N4O2S. The van der Waals surface area contributed by atoms with Gasteiger partial charge in [0.2, 0.25) is 10.0 Å². The van der Waals surface area contributed by atoms with Gasteiger partial charge in [-0.3, -0.25) is 0 Å². The van der Waals surface area contributed by atoms with Crippen LogP contribution < -0.4 is 10.0 Å². The molecule has 1 aromatic rings. The fourth-order valence-electron chi connectivity index (χ4n) is 1.21. The zero-order valence-electron chi connectivity index (χ0n) is 10.3. The van der Waals surface area contributed by atoms with Crippen molar-refractivity contribution < 1.29 is 8.42 Å². The van der Waals surface area contributed by atoms with Crippen LogP contribution in [0, 0.1) is 0 Å². The molecule has 0 aliphatic carbocycles. The van der Waals surface area contributed by atoms with Gasteiger partial charge in [0, 0.05) is 24.8 Å². The monoisotopic (exact) mass is 258 g/mol. The summed E-state index contributed by atoms with van der Waals surface area (Å²) >= 11 is 0. The van der Waals surface area contributed by atoms with Crippen LogP contribution in [0.2, 0.25) is 0 Å². The van der Waals surface area contributed by atoms with E-state index in [1.54, 1.807) is 0 Å². The Kier molecular flexibility index (Phi) is 4.83. The number of sulfonamides is 1. The van der Waals surface area contributed by atoms with E-state index in [2.05, 4.69) is 33.9 Å². The second-order valence-corrected chi connectivity index (χ2v) is 5.91. The second-order valence-electron chi connectivity index (χ2n) is 4.08. The molecule has 1 rings (SSSR count). The maximum atomic E-state index is 10.8. The number of nitrogens with zero attached hydrogens (tertiary/aromatic N) is 2. The number of nitrogens with one attached hydrogen (secondary N) is 2. The summed E-state index contributed by atoms with van der Waals surface area (Å²) in [5, 5.41) is 3.03. The molecule has 0 amide bonds. The third-order valence-electron chi connectivity index (χ3n) is 2.08. The highest BCUT2D eigenvalue weighted by Crippen LogP contribution is 2.13. The lowest BCUT2D eigenvalue weighted by Gasteiger charge is -2.08. The van der Waals surface area contributed by atoms with Crippen LogP contribution in [0.15, 0.2) is 12.4 Å². The molecule has 2 N–H and O–H groups in total. The Hall–Kier alpha value is -1.21. The number of rotatable bonds is 6. The van der Waals surface area contributed by atoms with Crippen molar-refractivity contribution in [2.75, 3.05) is 24.7 Å². The summed E-state index contributed by atoms with van der Waals surface area (Å²) in [6.07, 6.45) is 2.64. The fraction of sp³-hybridized carbons (Fsp3) is 0.600. The molecule has 0 aliphatic rings. The molecule has 0 unspecified atom stereocenters. The minimum Gasteiger partial charge on any atom is -0.369 e. The maximum Gasteiger partial charge on any atom is 0.208 e. The van der Waals surface area contributed by atoms with Gasteiger partial charge in [-0.2, -0.15) is 0 Å². The number of hydrogen-bond donors (Lipinski definition) is 2. The molecular weight excluding hydrogens is 240 g/mol. The van der Waals surface area contributed by atoms with Crippen molar-refractivity contribution in [1.82, 2.24) is 14.7 Å². The molecule has 0 aliphatic heterocycles. The van der Waals surface area contributed by atoms with E-state index in [4.69, 9.17) is 0 Å². The number of aromatic nitrogens is 2. The molecule has 0 atom stereocenters. The first-order chi connectivity index (χ1) is 7.88.